The van der Waals surface area contributed by atoms with Gasteiger partial charge in [0.1, 0.15) is 36.0 Å². The largest absolute Gasteiger partial charge is 0.491 e. The molecule has 4 heterocycles. The zero-order valence-electron chi connectivity index (χ0n) is 35.4. The summed E-state index contributed by atoms with van der Waals surface area (Å²) < 4.78 is 17.9. The maximum Gasteiger partial charge on any atom is 0.329 e. The fourth-order valence-electron chi connectivity index (χ4n) is 10.3. The summed E-state index contributed by atoms with van der Waals surface area (Å²) in [4.78, 5) is 80.4. The normalized spacial score (nSPS) is 25.3. The van der Waals surface area contributed by atoms with E-state index >= 15 is 14.4 Å². The number of hydrogen-bond acceptors (Lipinski definition) is 10. The number of benzene rings is 4. The molecule has 2 N–H and O–H groups in total. The van der Waals surface area contributed by atoms with E-state index in [4.69, 9.17) is 14.2 Å². The SMILES string of the molecule is COC(=O)[C@@H](NC(=O)N1C(=O)[C@@]2(c3ccccc31)[C@H](c1ccccc1OCCO)N1[C@H](c3ccccc3)[C@H](c3ccccc3)OC(=O)[C@H]1[C@@H]2C(=O)N1CCCCCCC1)C(C)C. The van der Waals surface area contributed by atoms with E-state index in [0.717, 1.165) is 42.6 Å². The smallest absolute Gasteiger partial charge is 0.329 e. The second-order valence-corrected chi connectivity index (χ2v) is 16.8. The Hall–Kier alpha value is -6.05. The molecule has 13 heteroatoms. The van der Waals surface area contributed by atoms with Gasteiger partial charge in [0.05, 0.1) is 37.4 Å². The number of cyclic esters (lactones) is 1. The van der Waals surface area contributed by atoms with Crippen molar-refractivity contribution in [3.05, 3.63) is 131 Å². The molecule has 8 rings (SSSR count). The molecule has 0 bridgehead atoms. The van der Waals surface area contributed by atoms with E-state index in [-0.39, 0.29) is 24.8 Å². The summed E-state index contributed by atoms with van der Waals surface area (Å²) in [5.41, 5.74) is 0.612. The first-order valence-corrected chi connectivity index (χ1v) is 21.7. The molecule has 4 aliphatic heterocycles. The molecule has 324 valence electrons. The summed E-state index contributed by atoms with van der Waals surface area (Å²) in [6.07, 6.45) is 3.51. The van der Waals surface area contributed by atoms with Crippen LogP contribution in [0.3, 0.4) is 0 Å². The minimum Gasteiger partial charge on any atom is -0.491 e. The van der Waals surface area contributed by atoms with E-state index in [1.807, 2.05) is 77.7 Å². The first-order chi connectivity index (χ1) is 30.1. The van der Waals surface area contributed by atoms with Gasteiger partial charge in [-0.3, -0.25) is 19.3 Å². The number of morpholine rings is 1. The summed E-state index contributed by atoms with van der Waals surface area (Å²) in [7, 11) is 1.23. The van der Waals surface area contributed by atoms with Crippen molar-refractivity contribution in [3.8, 4) is 5.75 Å². The van der Waals surface area contributed by atoms with E-state index in [0.29, 0.717) is 35.5 Å². The maximum absolute atomic E-state index is 16.4. The number of likely N-dealkylation sites (tertiary alicyclic amines) is 1. The number of carbonyl (C=O) groups excluding carboxylic acids is 5. The number of methoxy groups -OCH3 is 1. The van der Waals surface area contributed by atoms with Crippen molar-refractivity contribution in [2.75, 3.05) is 38.3 Å². The van der Waals surface area contributed by atoms with E-state index in [2.05, 4.69) is 5.32 Å². The lowest BCUT2D eigenvalue weighted by Crippen LogP contribution is -2.58. The Morgan fingerprint density at radius 2 is 1.42 bits per heavy atom. The number of aliphatic hydroxyl groups is 1. The second kappa shape index (κ2) is 18.1. The van der Waals surface area contributed by atoms with Crippen LogP contribution < -0.4 is 15.0 Å². The minimum atomic E-state index is -1.95. The molecule has 4 aliphatic rings. The number of nitrogens with one attached hydrogen (secondary N) is 1. The van der Waals surface area contributed by atoms with Crippen LogP contribution in [0.2, 0.25) is 0 Å². The van der Waals surface area contributed by atoms with Crippen molar-refractivity contribution in [2.45, 2.75) is 81.6 Å². The van der Waals surface area contributed by atoms with Gasteiger partial charge in [-0.2, -0.15) is 0 Å². The fraction of sp³-hybridized carbons (Fsp3) is 0.408. The van der Waals surface area contributed by atoms with Gasteiger partial charge in [0.25, 0.3) is 0 Å². The van der Waals surface area contributed by atoms with Gasteiger partial charge in [-0.1, -0.05) is 130 Å². The van der Waals surface area contributed by atoms with Crippen LogP contribution in [-0.4, -0.2) is 90.2 Å². The second-order valence-electron chi connectivity index (χ2n) is 16.8. The van der Waals surface area contributed by atoms with Gasteiger partial charge in [0.2, 0.25) is 11.8 Å². The predicted octanol–water partition coefficient (Wildman–Crippen LogP) is 6.42. The van der Waals surface area contributed by atoms with Gasteiger partial charge in [-0.15, -0.1) is 0 Å². The molecule has 4 aromatic rings. The number of imide groups is 1. The maximum atomic E-state index is 16.4. The van der Waals surface area contributed by atoms with Crippen molar-refractivity contribution in [3.63, 3.8) is 0 Å². The molecular formula is C49H54N4O9. The first kappa shape index (κ1) is 42.6. The van der Waals surface area contributed by atoms with E-state index in [9.17, 15) is 14.7 Å². The quantitative estimate of drug-likeness (QED) is 0.171. The van der Waals surface area contributed by atoms with Crippen LogP contribution in [-0.2, 0) is 34.1 Å². The van der Waals surface area contributed by atoms with Crippen LogP contribution in [0, 0.1) is 11.8 Å². The Bertz CT molecular complexity index is 2280. The highest BCUT2D eigenvalue weighted by atomic mass is 16.6. The lowest BCUT2D eigenvalue weighted by Gasteiger charge is -2.46. The Morgan fingerprint density at radius 3 is 2.08 bits per heavy atom. The summed E-state index contributed by atoms with van der Waals surface area (Å²) in [6, 6.07) is 27.9. The molecule has 4 aromatic carbocycles. The Balaban J connectivity index is 1.44. The lowest BCUT2D eigenvalue weighted by molar-refractivity contribution is -0.179. The number of carbonyl (C=O) groups is 5. The van der Waals surface area contributed by atoms with Gasteiger partial charge in [-0.25, -0.2) is 14.5 Å². The van der Waals surface area contributed by atoms with Gasteiger partial charge in [0.15, 0.2) is 0 Å². The van der Waals surface area contributed by atoms with E-state index in [1.165, 1.54) is 7.11 Å². The van der Waals surface area contributed by atoms with Crippen LogP contribution >= 0.6 is 0 Å². The highest BCUT2D eigenvalue weighted by Gasteiger charge is 2.76. The molecule has 3 fully saturated rings. The number of aliphatic hydroxyl groups excluding tert-OH is 1. The van der Waals surface area contributed by atoms with E-state index in [1.54, 1.807) is 55.1 Å². The van der Waals surface area contributed by atoms with Crippen LogP contribution in [0.25, 0.3) is 0 Å². The van der Waals surface area contributed by atoms with Crippen LogP contribution in [0.15, 0.2) is 109 Å². The Labute approximate surface area is 361 Å². The lowest BCUT2D eigenvalue weighted by atomic mass is 9.65. The first-order valence-electron chi connectivity index (χ1n) is 21.7. The molecular weight excluding hydrogens is 789 g/mol. The van der Waals surface area contributed by atoms with Gasteiger partial charge in [0, 0.05) is 18.7 Å². The Kier molecular flexibility index (Phi) is 12.5. The zero-order valence-corrected chi connectivity index (χ0v) is 35.4. The number of hydrogen-bond donors (Lipinski definition) is 2. The molecule has 62 heavy (non-hydrogen) atoms. The van der Waals surface area contributed by atoms with Crippen molar-refractivity contribution in [1.29, 1.82) is 0 Å². The standard InChI is InChI=1S/C49H54N4O9/c1-31(2)39(45(56)60-3)50-48(59)52-36-25-15-14-24-35(36)49(47(52)58)38(44(55)51-27-17-5-4-6-18-28-51)41-46(57)62-42(33-21-11-8-12-22-33)40(32-19-9-7-10-20-32)53(41)43(49)34-23-13-16-26-37(34)61-30-29-54/h7-16,19-26,31,38-43,54H,4-6,17-18,27-30H2,1-3H3,(H,50,59)/t38-,39+,40-,41-,42+,43+,49-/m1/s1. The zero-order chi connectivity index (χ0) is 43.5. The molecule has 1 spiro atoms. The van der Waals surface area contributed by atoms with Crippen LogP contribution in [0.4, 0.5) is 10.5 Å². The summed E-state index contributed by atoms with van der Waals surface area (Å²) in [5.74, 6) is -3.95. The predicted molar refractivity (Wildman–Crippen MR) is 230 cm³/mol. The van der Waals surface area contributed by atoms with Crippen LogP contribution in [0.1, 0.15) is 86.4 Å². The summed E-state index contributed by atoms with van der Waals surface area (Å²) in [5, 5.41) is 12.8. The number of nitrogens with zero attached hydrogens (tertiary/aromatic N) is 3. The van der Waals surface area contributed by atoms with Gasteiger partial charge < -0.3 is 29.5 Å². The number of esters is 2. The number of urea groups is 1. The molecule has 4 amide bonds. The van der Waals surface area contributed by atoms with Gasteiger partial charge >= 0.3 is 18.0 Å². The number of amides is 4. The molecule has 13 nitrogen and oxygen atoms in total. The third kappa shape index (κ3) is 7.30. The third-order valence-corrected chi connectivity index (χ3v) is 13.0. The number of fused-ring (bicyclic) bond motifs is 3. The molecule has 0 saturated carbocycles. The van der Waals surface area contributed by atoms with Crippen molar-refractivity contribution >= 4 is 35.5 Å². The third-order valence-electron chi connectivity index (χ3n) is 13.0. The van der Waals surface area contributed by atoms with Gasteiger partial charge in [-0.05, 0) is 47.6 Å². The average molecular weight is 843 g/mol. The topological polar surface area (TPSA) is 155 Å². The highest BCUT2D eigenvalue weighted by molar-refractivity contribution is 6.25. The minimum absolute atomic E-state index is 0.0731. The average Bonchev–Trinajstić information content (AvgIpc) is 3.73. The number of para-hydroxylation sites is 2. The number of ether oxygens (including phenoxy) is 3. The molecule has 0 unspecified atom stereocenters. The molecule has 3 saturated heterocycles. The highest BCUT2D eigenvalue weighted by Crippen LogP contribution is 2.66. The van der Waals surface area contributed by atoms with E-state index < -0.39 is 71.4 Å². The molecule has 0 aliphatic carbocycles. The van der Waals surface area contributed by atoms with Crippen molar-refractivity contribution < 1.29 is 43.3 Å². The molecule has 0 aromatic heterocycles. The summed E-state index contributed by atoms with van der Waals surface area (Å²) >= 11 is 0. The monoisotopic (exact) mass is 842 g/mol. The van der Waals surface area contributed by atoms with Crippen molar-refractivity contribution in [2.24, 2.45) is 11.8 Å². The fourth-order valence-corrected chi connectivity index (χ4v) is 10.3. The summed E-state index contributed by atoms with van der Waals surface area (Å²) in [6.45, 7) is 4.00. The number of rotatable bonds is 10. The molecule has 0 radical (unpaired) electrons. The Morgan fingerprint density at radius 1 is 0.806 bits per heavy atom. The number of anilines is 1. The van der Waals surface area contributed by atoms with Crippen LogP contribution in [0.5, 0.6) is 5.75 Å². The van der Waals surface area contributed by atoms with Crippen molar-refractivity contribution in [1.82, 2.24) is 15.1 Å². The molecule has 7 atom stereocenters.